The van der Waals surface area contributed by atoms with Crippen LogP contribution in [-0.4, -0.2) is 38.3 Å². The Labute approximate surface area is 123 Å². The Morgan fingerprint density at radius 2 is 2.00 bits per heavy atom. The molecule has 124 valence electrons. The highest BCUT2D eigenvalue weighted by molar-refractivity contribution is 5.77. The molecule has 0 saturated heterocycles. The van der Waals surface area contributed by atoms with Gasteiger partial charge in [0, 0.05) is 6.54 Å². The van der Waals surface area contributed by atoms with Gasteiger partial charge in [0.05, 0.1) is 0 Å². The van der Waals surface area contributed by atoms with Gasteiger partial charge < -0.3 is 14.8 Å². The molecule has 0 saturated carbocycles. The maximum Gasteiger partial charge on any atom is 0.411 e. The van der Waals surface area contributed by atoms with Crippen molar-refractivity contribution in [1.82, 2.24) is 5.32 Å². The minimum atomic E-state index is -4.49. The molecule has 0 fully saturated rings. The van der Waals surface area contributed by atoms with Gasteiger partial charge in [0.1, 0.15) is 25.6 Å². The molecule has 0 aliphatic heterocycles. The molecule has 0 spiro atoms. The van der Waals surface area contributed by atoms with Gasteiger partial charge in [-0.15, -0.1) is 0 Å². The third-order valence-electron chi connectivity index (χ3n) is 2.26. The predicted molar refractivity (Wildman–Crippen MR) is 66.7 cm³/mol. The fraction of sp³-hybridized carbons (Fsp3) is 0.462. The van der Waals surface area contributed by atoms with Crippen LogP contribution < -0.4 is 10.1 Å². The summed E-state index contributed by atoms with van der Waals surface area (Å²) in [6.45, 7) is -2.96. The summed E-state index contributed by atoms with van der Waals surface area (Å²) in [6, 6.07) is 6.06. The maximum absolute atomic E-state index is 12.0. The molecule has 4 nitrogen and oxygen atoms in total. The highest BCUT2D eigenvalue weighted by atomic mass is 19.4. The van der Waals surface area contributed by atoms with E-state index in [0.717, 1.165) is 0 Å². The molecule has 1 rings (SSSR count). The molecule has 1 aromatic rings. The van der Waals surface area contributed by atoms with Crippen LogP contribution in [0.3, 0.4) is 0 Å². The lowest BCUT2D eigenvalue weighted by Crippen LogP contribution is -2.29. The first-order chi connectivity index (χ1) is 10.3. The molecule has 1 aromatic carbocycles. The van der Waals surface area contributed by atoms with Gasteiger partial charge in [0.15, 0.2) is 0 Å². The highest BCUT2D eigenvalue weighted by Gasteiger charge is 2.27. The van der Waals surface area contributed by atoms with E-state index in [2.05, 4.69) is 10.1 Å². The van der Waals surface area contributed by atoms with Gasteiger partial charge in [-0.2, -0.15) is 13.2 Å². The van der Waals surface area contributed by atoms with Crippen LogP contribution in [0.2, 0.25) is 0 Å². The molecule has 0 aromatic heterocycles. The molecule has 1 amide bonds. The quantitative estimate of drug-likeness (QED) is 0.747. The zero-order valence-corrected chi connectivity index (χ0v) is 11.3. The van der Waals surface area contributed by atoms with Crippen molar-refractivity contribution in [3.05, 3.63) is 29.8 Å². The van der Waals surface area contributed by atoms with E-state index in [1.54, 1.807) is 12.1 Å². The van der Waals surface area contributed by atoms with Crippen molar-refractivity contribution in [2.75, 3.05) is 19.8 Å². The monoisotopic (exact) mass is 327 g/mol. The molecule has 0 radical (unpaired) electrons. The number of carbonyl (C=O) groups is 1. The van der Waals surface area contributed by atoms with E-state index in [0.29, 0.717) is 5.56 Å². The topological polar surface area (TPSA) is 47.6 Å². The summed E-state index contributed by atoms with van der Waals surface area (Å²) >= 11 is 0. The Kier molecular flexibility index (Phi) is 7.03. The molecule has 0 aliphatic carbocycles. The van der Waals surface area contributed by atoms with Crippen LogP contribution in [0.4, 0.5) is 22.0 Å². The maximum atomic E-state index is 12.0. The highest BCUT2D eigenvalue weighted by Crippen LogP contribution is 2.15. The predicted octanol–water partition coefficient (Wildman–Crippen LogP) is 2.53. The van der Waals surface area contributed by atoms with Gasteiger partial charge in [-0.25, -0.2) is 8.78 Å². The van der Waals surface area contributed by atoms with Crippen molar-refractivity contribution in [2.45, 2.75) is 19.1 Å². The van der Waals surface area contributed by atoms with Crippen LogP contribution in [0, 0.1) is 0 Å². The molecular formula is C13H14F5NO3. The number of hydrogen-bond acceptors (Lipinski definition) is 3. The van der Waals surface area contributed by atoms with Crippen LogP contribution >= 0.6 is 0 Å². The van der Waals surface area contributed by atoms with Gasteiger partial charge in [-0.1, -0.05) is 12.1 Å². The first-order valence-electron chi connectivity index (χ1n) is 6.17. The van der Waals surface area contributed by atoms with Crippen molar-refractivity contribution in [3.8, 4) is 5.75 Å². The number of benzene rings is 1. The number of rotatable bonds is 8. The number of carbonyl (C=O) groups excluding carboxylic acids is 1. The molecule has 0 bridgehead atoms. The smallest absolute Gasteiger partial charge is 0.411 e. The van der Waals surface area contributed by atoms with Crippen molar-refractivity contribution in [1.29, 1.82) is 0 Å². The molecule has 0 atom stereocenters. The Morgan fingerprint density at radius 1 is 1.27 bits per heavy atom. The third kappa shape index (κ3) is 8.40. The number of halogens is 5. The lowest BCUT2D eigenvalue weighted by atomic mass is 10.2. The summed E-state index contributed by atoms with van der Waals surface area (Å²) in [5.74, 6) is -0.511. The van der Waals surface area contributed by atoms with Crippen LogP contribution in [0.5, 0.6) is 5.75 Å². The van der Waals surface area contributed by atoms with Crippen molar-refractivity contribution in [2.24, 2.45) is 0 Å². The number of nitrogens with one attached hydrogen (secondary N) is 1. The fourth-order valence-corrected chi connectivity index (χ4v) is 1.42. The molecule has 0 unspecified atom stereocenters. The zero-order chi connectivity index (χ0) is 16.6. The van der Waals surface area contributed by atoms with Gasteiger partial charge in [-0.3, -0.25) is 4.79 Å². The van der Waals surface area contributed by atoms with Crippen molar-refractivity contribution >= 4 is 5.91 Å². The number of alkyl halides is 5. The lowest BCUT2D eigenvalue weighted by Gasteiger charge is -2.10. The second-order valence-corrected chi connectivity index (χ2v) is 4.23. The second-order valence-electron chi connectivity index (χ2n) is 4.23. The minimum absolute atomic E-state index is 0.0140. The Hall–Kier alpha value is -1.90. The van der Waals surface area contributed by atoms with Gasteiger partial charge in [-0.05, 0) is 17.7 Å². The van der Waals surface area contributed by atoms with Gasteiger partial charge in [0.25, 0.3) is 6.43 Å². The number of hydrogen-bond donors (Lipinski definition) is 1. The van der Waals surface area contributed by atoms with Gasteiger partial charge in [0.2, 0.25) is 5.91 Å². The van der Waals surface area contributed by atoms with E-state index < -0.39 is 38.3 Å². The van der Waals surface area contributed by atoms with Gasteiger partial charge >= 0.3 is 6.18 Å². The normalized spacial score (nSPS) is 11.5. The van der Waals surface area contributed by atoms with E-state index in [-0.39, 0.29) is 12.3 Å². The van der Waals surface area contributed by atoms with Crippen molar-refractivity contribution < 1.29 is 36.2 Å². The van der Waals surface area contributed by atoms with Crippen LogP contribution in [-0.2, 0) is 16.1 Å². The van der Waals surface area contributed by atoms with E-state index >= 15 is 0 Å². The summed E-state index contributed by atoms with van der Waals surface area (Å²) in [6.07, 6.45) is -7.09. The molecule has 0 aliphatic rings. The Bertz CT molecular complexity index is 479. The average Bonchev–Trinajstić information content (AvgIpc) is 2.42. The fourth-order valence-electron chi connectivity index (χ4n) is 1.42. The SMILES string of the molecule is O=C(COCC(F)(F)F)NCc1cccc(OCC(F)F)c1. The Morgan fingerprint density at radius 3 is 2.64 bits per heavy atom. The van der Waals surface area contributed by atoms with Crippen LogP contribution in [0.25, 0.3) is 0 Å². The Balaban J connectivity index is 2.34. The standard InChI is InChI=1S/C13H14F5NO3/c14-11(15)6-22-10-3-1-2-9(4-10)5-19-12(20)7-21-8-13(16,17)18/h1-4,11H,5-8H2,(H,19,20). The summed E-state index contributed by atoms with van der Waals surface area (Å²) in [7, 11) is 0. The molecule has 0 heterocycles. The first kappa shape index (κ1) is 18.1. The zero-order valence-electron chi connectivity index (χ0n) is 11.3. The molecule has 1 N–H and O–H groups in total. The molecular weight excluding hydrogens is 313 g/mol. The van der Waals surface area contributed by atoms with Crippen molar-refractivity contribution in [3.63, 3.8) is 0 Å². The average molecular weight is 327 g/mol. The summed E-state index contributed by atoms with van der Waals surface area (Å²) in [5.41, 5.74) is 0.552. The first-order valence-corrected chi connectivity index (χ1v) is 6.17. The summed E-state index contributed by atoms with van der Waals surface area (Å²) < 4.78 is 68.4. The summed E-state index contributed by atoms with van der Waals surface area (Å²) in [5, 5.41) is 2.34. The molecule has 22 heavy (non-hydrogen) atoms. The van der Waals surface area contributed by atoms with E-state index in [1.807, 2.05) is 0 Å². The van der Waals surface area contributed by atoms with E-state index in [1.165, 1.54) is 12.1 Å². The van der Waals surface area contributed by atoms with Crippen LogP contribution in [0.15, 0.2) is 24.3 Å². The number of amides is 1. The largest absolute Gasteiger partial charge is 0.488 e. The second kappa shape index (κ2) is 8.52. The van der Waals surface area contributed by atoms with Crippen LogP contribution in [0.1, 0.15) is 5.56 Å². The molecule has 9 heteroatoms. The third-order valence-corrected chi connectivity index (χ3v) is 2.26. The minimum Gasteiger partial charge on any atom is -0.488 e. The lowest BCUT2D eigenvalue weighted by molar-refractivity contribution is -0.175. The van der Waals surface area contributed by atoms with E-state index in [4.69, 9.17) is 4.74 Å². The van der Waals surface area contributed by atoms with E-state index in [9.17, 15) is 26.7 Å². The number of ether oxygens (including phenoxy) is 2. The summed E-state index contributed by atoms with van der Waals surface area (Å²) in [4.78, 5) is 11.3.